The van der Waals surface area contributed by atoms with Gasteiger partial charge in [-0.1, -0.05) is 17.7 Å². The monoisotopic (exact) mass is 528 g/mol. The zero-order valence-corrected chi connectivity index (χ0v) is 21.4. The molecule has 12 heteroatoms. The van der Waals surface area contributed by atoms with Gasteiger partial charge < -0.3 is 16.0 Å². The Morgan fingerprint density at radius 3 is 2.56 bits per heavy atom. The zero-order valence-electron chi connectivity index (χ0n) is 19.8. The number of nitrogens with zero attached hydrogens (tertiary/aromatic N) is 2. The van der Waals surface area contributed by atoms with Gasteiger partial charge in [0.05, 0.1) is 4.90 Å². The van der Waals surface area contributed by atoms with Gasteiger partial charge in [-0.2, -0.15) is 0 Å². The molecule has 4 rings (SSSR count). The van der Waals surface area contributed by atoms with Crippen molar-refractivity contribution in [3.8, 4) is 10.6 Å². The summed E-state index contributed by atoms with van der Waals surface area (Å²) < 4.78 is 27.4. The molecule has 1 fully saturated rings. The third kappa shape index (κ3) is 6.13. The lowest BCUT2D eigenvalue weighted by Gasteiger charge is -2.36. The second-order valence-electron chi connectivity index (χ2n) is 8.53. The van der Waals surface area contributed by atoms with E-state index in [0.29, 0.717) is 30.9 Å². The fourth-order valence-corrected chi connectivity index (χ4v) is 5.70. The van der Waals surface area contributed by atoms with E-state index in [2.05, 4.69) is 30.6 Å². The van der Waals surface area contributed by atoms with Crippen LogP contribution in [0.15, 0.2) is 59.1 Å². The van der Waals surface area contributed by atoms with Gasteiger partial charge in [-0.15, -0.1) is 11.3 Å². The lowest BCUT2D eigenvalue weighted by molar-refractivity contribution is -0.128. The topological polar surface area (TPSA) is 142 Å². The van der Waals surface area contributed by atoms with Crippen molar-refractivity contribution in [2.75, 3.05) is 26.2 Å². The summed E-state index contributed by atoms with van der Waals surface area (Å²) in [4.78, 5) is 34.9. The van der Waals surface area contributed by atoms with Crippen molar-refractivity contribution in [3.05, 3.63) is 65.4 Å². The molecule has 0 radical (unpaired) electrons. The van der Waals surface area contributed by atoms with Crippen LogP contribution in [0.25, 0.3) is 10.6 Å². The number of nitrogens with one attached hydrogen (secondary N) is 4. The molecule has 0 saturated carbocycles. The number of piperidine rings is 1. The average Bonchev–Trinajstić information content (AvgIpc) is 3.39. The van der Waals surface area contributed by atoms with Crippen LogP contribution < -0.4 is 20.7 Å². The number of aryl methyl sites for hydroxylation is 1. The molecule has 3 heterocycles. The number of carbonyl (C=O) groups is 2. The quantitative estimate of drug-likeness (QED) is 0.308. The summed E-state index contributed by atoms with van der Waals surface area (Å²) in [5.41, 5.74) is 0.886. The van der Waals surface area contributed by atoms with Crippen molar-refractivity contribution in [2.45, 2.75) is 30.2 Å². The molecule has 2 aromatic heterocycles. The van der Waals surface area contributed by atoms with Crippen LogP contribution in [0.1, 0.15) is 28.9 Å². The number of sulfonamides is 1. The third-order valence-corrected chi connectivity index (χ3v) is 8.29. The molecule has 1 aliphatic heterocycles. The maximum absolute atomic E-state index is 13.2. The molecule has 3 aromatic rings. The Bertz CT molecular complexity index is 1300. The van der Waals surface area contributed by atoms with Crippen LogP contribution in [-0.4, -0.2) is 61.9 Å². The highest BCUT2D eigenvalue weighted by Crippen LogP contribution is 2.24. The SMILES string of the molecule is Cc1ccc(S(=O)(=O)NCCNC(=O)C2(NC(=O)c3csc(-c4cccnc4)n3)CCNCC2)cc1. The van der Waals surface area contributed by atoms with Crippen LogP contribution in [0.2, 0.25) is 0 Å². The summed E-state index contributed by atoms with van der Waals surface area (Å²) in [6, 6.07) is 10.2. The zero-order chi connectivity index (χ0) is 25.6. The van der Waals surface area contributed by atoms with Crippen LogP contribution in [0.5, 0.6) is 0 Å². The summed E-state index contributed by atoms with van der Waals surface area (Å²) in [5, 5.41) is 11.2. The van der Waals surface area contributed by atoms with Gasteiger partial charge in [0.25, 0.3) is 5.91 Å². The summed E-state index contributed by atoms with van der Waals surface area (Å²) in [7, 11) is -3.68. The highest BCUT2D eigenvalue weighted by atomic mass is 32.2. The average molecular weight is 529 g/mol. The predicted octanol–water partition coefficient (Wildman–Crippen LogP) is 1.46. The van der Waals surface area contributed by atoms with Crippen LogP contribution in [0.3, 0.4) is 0 Å². The first-order chi connectivity index (χ1) is 17.3. The molecule has 0 atom stereocenters. The van der Waals surface area contributed by atoms with E-state index in [-0.39, 0.29) is 29.6 Å². The fraction of sp³-hybridized carbons (Fsp3) is 0.333. The number of amides is 2. The highest BCUT2D eigenvalue weighted by molar-refractivity contribution is 7.89. The molecule has 0 bridgehead atoms. The second kappa shape index (κ2) is 11.2. The molecule has 1 aromatic carbocycles. The van der Waals surface area contributed by atoms with E-state index in [1.54, 1.807) is 36.0 Å². The van der Waals surface area contributed by atoms with Crippen molar-refractivity contribution in [1.29, 1.82) is 0 Å². The summed E-state index contributed by atoms with van der Waals surface area (Å²) in [6.45, 7) is 3.10. The number of thiazole rings is 1. The van der Waals surface area contributed by atoms with Gasteiger partial charge >= 0.3 is 0 Å². The van der Waals surface area contributed by atoms with E-state index in [1.807, 2.05) is 13.0 Å². The molecule has 190 valence electrons. The van der Waals surface area contributed by atoms with Crippen LogP contribution in [0, 0.1) is 6.92 Å². The largest absolute Gasteiger partial charge is 0.353 e. The first-order valence-corrected chi connectivity index (χ1v) is 13.9. The van der Waals surface area contributed by atoms with Gasteiger partial charge in [-0.05, 0) is 57.1 Å². The molecular weight excluding hydrogens is 500 g/mol. The second-order valence-corrected chi connectivity index (χ2v) is 11.2. The van der Waals surface area contributed by atoms with E-state index in [9.17, 15) is 18.0 Å². The number of hydrogen-bond acceptors (Lipinski definition) is 8. The first kappa shape index (κ1) is 25.9. The van der Waals surface area contributed by atoms with Crippen molar-refractivity contribution < 1.29 is 18.0 Å². The Morgan fingerprint density at radius 1 is 1.11 bits per heavy atom. The van der Waals surface area contributed by atoms with E-state index in [1.165, 1.54) is 23.5 Å². The van der Waals surface area contributed by atoms with Gasteiger partial charge in [0.1, 0.15) is 16.2 Å². The Balaban J connectivity index is 1.37. The number of aromatic nitrogens is 2. The molecule has 0 spiro atoms. The van der Waals surface area contributed by atoms with Gasteiger partial charge in [-0.3, -0.25) is 14.6 Å². The number of benzene rings is 1. The van der Waals surface area contributed by atoms with E-state index >= 15 is 0 Å². The van der Waals surface area contributed by atoms with Crippen molar-refractivity contribution >= 4 is 33.2 Å². The molecule has 1 saturated heterocycles. The minimum Gasteiger partial charge on any atom is -0.353 e. The standard InChI is InChI=1S/C24H28N6O4S2/c1-17-4-6-19(7-5-17)36(33,34)28-14-13-27-23(32)24(8-11-25-12-9-24)30-21(31)20-16-35-22(29-20)18-3-2-10-26-15-18/h2-7,10,15-16,25,28H,8-9,11-14H2,1H3,(H,27,32)(H,30,31). The first-order valence-electron chi connectivity index (χ1n) is 11.5. The third-order valence-electron chi connectivity index (χ3n) is 5.92. The van der Waals surface area contributed by atoms with E-state index < -0.39 is 21.5 Å². The van der Waals surface area contributed by atoms with Crippen molar-refractivity contribution in [1.82, 2.24) is 30.6 Å². The Labute approximate surface area is 214 Å². The number of hydrogen-bond donors (Lipinski definition) is 4. The van der Waals surface area contributed by atoms with Crippen LogP contribution in [0.4, 0.5) is 0 Å². The van der Waals surface area contributed by atoms with Crippen LogP contribution >= 0.6 is 11.3 Å². The molecular formula is C24H28N6O4S2. The molecule has 36 heavy (non-hydrogen) atoms. The minimum atomic E-state index is -3.68. The number of pyridine rings is 1. The summed E-state index contributed by atoms with van der Waals surface area (Å²) in [5.74, 6) is -0.784. The molecule has 1 aliphatic rings. The molecule has 2 amide bonds. The number of rotatable bonds is 9. The van der Waals surface area contributed by atoms with Crippen molar-refractivity contribution in [3.63, 3.8) is 0 Å². The molecule has 0 unspecified atom stereocenters. The van der Waals surface area contributed by atoms with Gasteiger partial charge in [0.2, 0.25) is 15.9 Å². The lowest BCUT2D eigenvalue weighted by atomic mass is 9.87. The lowest BCUT2D eigenvalue weighted by Crippen LogP contribution is -2.63. The minimum absolute atomic E-state index is 0.0186. The smallest absolute Gasteiger partial charge is 0.271 e. The Morgan fingerprint density at radius 2 is 1.86 bits per heavy atom. The Hall–Kier alpha value is -3.19. The fourth-order valence-electron chi connectivity index (χ4n) is 3.87. The highest BCUT2D eigenvalue weighted by Gasteiger charge is 2.41. The Kier molecular flexibility index (Phi) is 8.09. The van der Waals surface area contributed by atoms with E-state index in [0.717, 1.165) is 11.1 Å². The van der Waals surface area contributed by atoms with E-state index in [4.69, 9.17) is 0 Å². The number of carbonyl (C=O) groups excluding carboxylic acids is 2. The van der Waals surface area contributed by atoms with Gasteiger partial charge in [0.15, 0.2) is 0 Å². The summed E-state index contributed by atoms with van der Waals surface area (Å²) >= 11 is 1.33. The predicted molar refractivity (Wildman–Crippen MR) is 137 cm³/mol. The maximum atomic E-state index is 13.2. The van der Waals surface area contributed by atoms with Gasteiger partial charge in [0, 0.05) is 36.4 Å². The molecule has 4 N–H and O–H groups in total. The maximum Gasteiger partial charge on any atom is 0.271 e. The van der Waals surface area contributed by atoms with Crippen molar-refractivity contribution in [2.24, 2.45) is 0 Å². The molecule has 0 aliphatic carbocycles. The van der Waals surface area contributed by atoms with Gasteiger partial charge in [-0.25, -0.2) is 18.1 Å². The normalized spacial score (nSPS) is 15.2. The van der Waals surface area contributed by atoms with Crippen LogP contribution in [-0.2, 0) is 14.8 Å². The summed E-state index contributed by atoms with van der Waals surface area (Å²) in [6.07, 6.45) is 4.14. The molecule has 10 nitrogen and oxygen atoms in total.